The quantitative estimate of drug-likeness (QED) is 0.0940. The first-order valence-corrected chi connectivity index (χ1v) is 21.5. The van der Waals surface area contributed by atoms with Gasteiger partial charge in [0, 0.05) is 69.6 Å². The molecule has 1 aliphatic carbocycles. The molecule has 4 aromatic carbocycles. The average Bonchev–Trinajstić information content (AvgIpc) is 3.52. The molecular formula is C51H62IrNO2S-. The average molecular weight is 945 g/mol. The summed E-state index contributed by atoms with van der Waals surface area (Å²) in [5.41, 5.74) is 7.51. The number of allylic oxidation sites excluding steroid dienone is 2. The van der Waals surface area contributed by atoms with Gasteiger partial charge >= 0.3 is 0 Å². The maximum absolute atomic E-state index is 12.1. The van der Waals surface area contributed by atoms with E-state index in [2.05, 4.69) is 115 Å². The first kappa shape index (κ1) is 43.7. The number of benzene rings is 4. The zero-order valence-corrected chi connectivity index (χ0v) is 39.0. The SMILES string of the molecule is CC(C)(C)c1cc(-c2nccc3cc4sc5c6c(ccc5c4cc23)C(C)(C)CCC6(C)C)[c-]c2ccccc12.CCC(CC)C(=O)/C(C)=C(\O)C(CC)CC.[Ir]. The van der Waals surface area contributed by atoms with E-state index in [4.69, 9.17) is 4.98 Å². The fourth-order valence-corrected chi connectivity index (χ4v) is 10.4. The van der Waals surface area contributed by atoms with Crippen LogP contribution in [-0.2, 0) is 41.1 Å². The molecule has 0 aliphatic heterocycles. The van der Waals surface area contributed by atoms with Gasteiger partial charge in [0.1, 0.15) is 5.76 Å². The summed E-state index contributed by atoms with van der Waals surface area (Å²) in [4.78, 5) is 17.0. The molecule has 1 N–H and O–H groups in total. The van der Waals surface area contributed by atoms with Gasteiger partial charge in [0.25, 0.3) is 0 Å². The third-order valence-electron chi connectivity index (χ3n) is 12.6. The Hall–Kier alpha value is -3.37. The number of aromatic nitrogens is 1. The van der Waals surface area contributed by atoms with Crippen molar-refractivity contribution in [3.63, 3.8) is 0 Å². The van der Waals surface area contributed by atoms with E-state index in [1.165, 1.54) is 60.3 Å². The van der Waals surface area contributed by atoms with Crippen molar-refractivity contribution < 1.29 is 30.0 Å². The third-order valence-corrected chi connectivity index (χ3v) is 13.8. The maximum atomic E-state index is 12.1. The van der Waals surface area contributed by atoms with Gasteiger partial charge in [-0.2, -0.15) is 0 Å². The second kappa shape index (κ2) is 16.8. The largest absolute Gasteiger partial charge is 0.512 e. The number of carbonyl (C=O) groups excluding carboxylic acids is 1. The van der Waals surface area contributed by atoms with Gasteiger partial charge < -0.3 is 5.11 Å². The van der Waals surface area contributed by atoms with Crippen molar-refractivity contribution in [3.8, 4) is 11.3 Å². The molecule has 2 heterocycles. The molecule has 3 nitrogen and oxygen atoms in total. The second-order valence-corrected chi connectivity index (χ2v) is 19.3. The molecule has 0 saturated heterocycles. The van der Waals surface area contributed by atoms with Crippen molar-refractivity contribution >= 4 is 58.8 Å². The van der Waals surface area contributed by atoms with Crippen LogP contribution >= 0.6 is 11.3 Å². The molecule has 0 spiro atoms. The summed E-state index contributed by atoms with van der Waals surface area (Å²) in [5.74, 6) is 0.631. The predicted molar refractivity (Wildman–Crippen MR) is 239 cm³/mol. The van der Waals surface area contributed by atoms with Crippen LogP contribution in [0.15, 0.2) is 78.2 Å². The number of hydrogen-bond donors (Lipinski definition) is 1. The second-order valence-electron chi connectivity index (χ2n) is 18.3. The molecule has 299 valence electrons. The van der Waals surface area contributed by atoms with Gasteiger partial charge in [-0.25, -0.2) is 0 Å². The molecule has 0 saturated carbocycles. The Labute approximate surface area is 353 Å². The smallest absolute Gasteiger partial charge is 0.164 e. The van der Waals surface area contributed by atoms with E-state index in [0.717, 1.165) is 42.3 Å². The zero-order chi connectivity index (χ0) is 40.0. The van der Waals surface area contributed by atoms with E-state index < -0.39 is 0 Å². The number of ketones is 1. The van der Waals surface area contributed by atoms with Gasteiger partial charge in [-0.1, -0.05) is 124 Å². The summed E-state index contributed by atoms with van der Waals surface area (Å²) in [5, 5.41) is 17.6. The molecule has 2 aromatic heterocycles. The number of thiophene rings is 1. The van der Waals surface area contributed by atoms with Gasteiger partial charge in [-0.3, -0.25) is 9.78 Å². The monoisotopic (exact) mass is 945 g/mol. The molecular weight excluding hydrogens is 883 g/mol. The van der Waals surface area contributed by atoms with Crippen LogP contribution in [0.5, 0.6) is 0 Å². The molecule has 0 atom stereocenters. The van der Waals surface area contributed by atoms with Crippen molar-refractivity contribution in [2.75, 3.05) is 0 Å². The molecule has 0 fully saturated rings. The molecule has 0 unspecified atom stereocenters. The number of nitrogens with zero attached hydrogens (tertiary/aromatic N) is 1. The van der Waals surface area contributed by atoms with Gasteiger partial charge in [-0.05, 0) is 95.7 Å². The molecule has 5 heteroatoms. The molecule has 1 aliphatic rings. The number of aliphatic hydroxyl groups is 1. The molecule has 0 amide bonds. The zero-order valence-electron chi connectivity index (χ0n) is 35.8. The van der Waals surface area contributed by atoms with E-state index in [1.807, 2.05) is 45.2 Å². The standard InChI is InChI=1S/C37H36NS.C14H26O2.Ir/c1-35(2,3)30-19-24(18-22-10-8-9-11-25(22)30)33-27-21-28-26-12-13-29-32(37(6,7)16-15-36(29,4)5)34(26)39-31(28)20-23(27)14-17-38-33;1-6-11(7-2)13(15)10(5)14(16)12(8-3)9-4;/h8-14,17,19-21H,15-16H2,1-7H3;11-12,15H,6-9H2,1-5H3;/q-1;;/b;13-10-;. The van der Waals surface area contributed by atoms with E-state index in [0.29, 0.717) is 11.3 Å². The van der Waals surface area contributed by atoms with Gasteiger partial charge in [-0.15, -0.1) is 40.5 Å². The first-order valence-electron chi connectivity index (χ1n) is 20.7. The van der Waals surface area contributed by atoms with Crippen LogP contribution in [0.2, 0.25) is 0 Å². The van der Waals surface area contributed by atoms with E-state index >= 15 is 0 Å². The Kier molecular flexibility index (Phi) is 13.2. The van der Waals surface area contributed by atoms with Crippen LogP contribution in [0.1, 0.15) is 138 Å². The van der Waals surface area contributed by atoms with Gasteiger partial charge in [0.15, 0.2) is 5.78 Å². The molecule has 56 heavy (non-hydrogen) atoms. The third kappa shape index (κ3) is 8.16. The van der Waals surface area contributed by atoms with Crippen molar-refractivity contribution in [3.05, 3.63) is 101 Å². The molecule has 0 bridgehead atoms. The minimum absolute atomic E-state index is 0. The number of fused-ring (bicyclic) bond motifs is 7. The Morgan fingerprint density at radius 2 is 1.46 bits per heavy atom. The van der Waals surface area contributed by atoms with Crippen LogP contribution in [-0.4, -0.2) is 15.9 Å². The Morgan fingerprint density at radius 3 is 2.11 bits per heavy atom. The summed E-state index contributed by atoms with van der Waals surface area (Å²) < 4.78 is 2.83. The van der Waals surface area contributed by atoms with Crippen LogP contribution < -0.4 is 0 Å². The van der Waals surface area contributed by atoms with Crippen LogP contribution in [0, 0.1) is 17.9 Å². The topological polar surface area (TPSA) is 50.2 Å². The maximum Gasteiger partial charge on any atom is 0.164 e. The van der Waals surface area contributed by atoms with E-state index in [9.17, 15) is 9.90 Å². The Morgan fingerprint density at radius 1 is 0.821 bits per heavy atom. The van der Waals surface area contributed by atoms with E-state index in [1.54, 1.807) is 12.5 Å². The minimum atomic E-state index is 0. The number of Topliss-reactive ketones (excluding diaryl/α,β-unsaturated/α-hetero) is 1. The summed E-state index contributed by atoms with van der Waals surface area (Å²) >= 11 is 1.98. The predicted octanol–water partition coefficient (Wildman–Crippen LogP) is 15.1. The minimum Gasteiger partial charge on any atom is -0.512 e. The Bertz CT molecular complexity index is 2420. The summed E-state index contributed by atoms with van der Waals surface area (Å²) in [6, 6.07) is 26.4. The Balaban J connectivity index is 0.000000302. The molecule has 1 radical (unpaired) electrons. The van der Waals surface area contributed by atoms with E-state index in [-0.39, 0.29) is 54.0 Å². The van der Waals surface area contributed by atoms with Crippen LogP contribution in [0.4, 0.5) is 0 Å². The fraction of sp³-hybridized carbons (Fsp3) is 0.451. The number of aliphatic hydroxyl groups excluding tert-OH is 1. The van der Waals surface area contributed by atoms with Gasteiger partial charge in [0.05, 0.1) is 0 Å². The normalized spacial score (nSPS) is 15.5. The van der Waals surface area contributed by atoms with Crippen molar-refractivity contribution in [2.45, 2.75) is 138 Å². The number of hydrogen-bond acceptors (Lipinski definition) is 4. The molecule has 6 aromatic rings. The first-order chi connectivity index (χ1) is 26.0. The van der Waals surface area contributed by atoms with Gasteiger partial charge in [0.2, 0.25) is 0 Å². The van der Waals surface area contributed by atoms with Crippen molar-refractivity contribution in [2.24, 2.45) is 11.8 Å². The summed E-state index contributed by atoms with van der Waals surface area (Å²) in [6.45, 7) is 26.5. The van der Waals surface area contributed by atoms with Crippen molar-refractivity contribution in [1.29, 1.82) is 0 Å². The van der Waals surface area contributed by atoms with Crippen molar-refractivity contribution in [1.82, 2.24) is 4.98 Å². The summed E-state index contributed by atoms with van der Waals surface area (Å²) in [7, 11) is 0. The number of pyridine rings is 1. The summed E-state index contributed by atoms with van der Waals surface area (Å²) in [6.07, 6.45) is 7.90. The van der Waals surface area contributed by atoms with Crippen LogP contribution in [0.3, 0.4) is 0 Å². The molecule has 7 rings (SSSR count). The number of carbonyl (C=O) groups is 1. The number of rotatable bonds is 8. The van der Waals surface area contributed by atoms with Crippen LogP contribution in [0.25, 0.3) is 53.0 Å². The fourth-order valence-electron chi connectivity index (χ4n) is 8.89.